The lowest BCUT2D eigenvalue weighted by Gasteiger charge is -2.11. The molecule has 1 nitrogen and oxygen atoms in total. The highest BCUT2D eigenvalue weighted by Crippen LogP contribution is 2.39. The molecular formula is C30H21N. The highest BCUT2D eigenvalue weighted by Gasteiger charge is 2.16. The van der Waals surface area contributed by atoms with Crippen LogP contribution in [0, 0.1) is 0 Å². The zero-order chi connectivity index (χ0) is 20.6. The molecule has 0 aliphatic heterocycles. The SMILES string of the molecule is c1ccc(-c2ccc3c(c2)c2cccc(-c4ccccc4)c2n3-c2ccccc2)cc1. The lowest BCUT2D eigenvalue weighted by Crippen LogP contribution is -1.95. The minimum atomic E-state index is 1.18. The van der Waals surface area contributed by atoms with Gasteiger partial charge in [-0.2, -0.15) is 0 Å². The normalized spacial score (nSPS) is 11.2. The number of rotatable bonds is 3. The third kappa shape index (κ3) is 2.94. The number of hydrogen-bond acceptors (Lipinski definition) is 0. The van der Waals surface area contributed by atoms with Crippen LogP contribution in [0.3, 0.4) is 0 Å². The summed E-state index contributed by atoms with van der Waals surface area (Å²) in [6, 6.07) is 45.4. The Labute approximate surface area is 181 Å². The van der Waals surface area contributed by atoms with Crippen LogP contribution < -0.4 is 0 Å². The number of fused-ring (bicyclic) bond motifs is 3. The average molecular weight is 396 g/mol. The van der Waals surface area contributed by atoms with Crippen LogP contribution in [0.2, 0.25) is 0 Å². The van der Waals surface area contributed by atoms with Crippen molar-refractivity contribution >= 4 is 21.8 Å². The van der Waals surface area contributed by atoms with E-state index in [-0.39, 0.29) is 0 Å². The van der Waals surface area contributed by atoms with Gasteiger partial charge in [-0.1, -0.05) is 103 Å². The maximum atomic E-state index is 2.40. The summed E-state index contributed by atoms with van der Waals surface area (Å²) in [6.07, 6.45) is 0. The topological polar surface area (TPSA) is 4.93 Å². The van der Waals surface area contributed by atoms with Gasteiger partial charge in [0.2, 0.25) is 0 Å². The fourth-order valence-corrected chi connectivity index (χ4v) is 4.58. The van der Waals surface area contributed by atoms with E-state index in [1.165, 1.54) is 49.7 Å². The molecule has 0 spiro atoms. The Kier molecular flexibility index (Phi) is 4.18. The predicted octanol–water partition coefficient (Wildman–Crippen LogP) is 8.12. The van der Waals surface area contributed by atoms with E-state index in [1.54, 1.807) is 0 Å². The summed E-state index contributed by atoms with van der Waals surface area (Å²) in [6.45, 7) is 0. The van der Waals surface area contributed by atoms with Crippen LogP contribution in [-0.2, 0) is 0 Å². The molecule has 0 N–H and O–H groups in total. The van der Waals surface area contributed by atoms with Crippen molar-refractivity contribution in [1.82, 2.24) is 4.57 Å². The van der Waals surface area contributed by atoms with Crippen LogP contribution in [0.4, 0.5) is 0 Å². The summed E-state index contributed by atoms with van der Waals surface area (Å²) in [5.41, 5.74) is 8.62. The van der Waals surface area contributed by atoms with E-state index in [9.17, 15) is 0 Å². The minimum absolute atomic E-state index is 1.18. The Morgan fingerprint density at radius 1 is 0.419 bits per heavy atom. The first-order valence-corrected chi connectivity index (χ1v) is 10.6. The van der Waals surface area contributed by atoms with Crippen molar-refractivity contribution in [2.24, 2.45) is 0 Å². The molecule has 0 saturated heterocycles. The fourth-order valence-electron chi connectivity index (χ4n) is 4.58. The van der Waals surface area contributed by atoms with Gasteiger partial charge in [-0.05, 0) is 41.0 Å². The average Bonchev–Trinajstić information content (AvgIpc) is 3.19. The number of aromatic nitrogens is 1. The number of para-hydroxylation sites is 2. The van der Waals surface area contributed by atoms with Crippen LogP contribution >= 0.6 is 0 Å². The van der Waals surface area contributed by atoms with E-state index in [0.717, 1.165) is 0 Å². The van der Waals surface area contributed by atoms with Crippen molar-refractivity contribution in [2.75, 3.05) is 0 Å². The van der Waals surface area contributed by atoms with Crippen molar-refractivity contribution < 1.29 is 0 Å². The zero-order valence-electron chi connectivity index (χ0n) is 17.1. The quantitative estimate of drug-likeness (QED) is 0.285. The van der Waals surface area contributed by atoms with Gasteiger partial charge >= 0.3 is 0 Å². The van der Waals surface area contributed by atoms with Gasteiger partial charge in [-0.25, -0.2) is 0 Å². The van der Waals surface area contributed by atoms with Gasteiger partial charge in [0, 0.05) is 22.0 Å². The van der Waals surface area contributed by atoms with Crippen LogP contribution in [-0.4, -0.2) is 4.57 Å². The largest absolute Gasteiger partial charge is 0.309 e. The molecule has 6 aromatic rings. The van der Waals surface area contributed by atoms with E-state index >= 15 is 0 Å². The molecule has 1 heteroatoms. The number of nitrogens with zero attached hydrogens (tertiary/aromatic N) is 1. The first kappa shape index (κ1) is 17.7. The molecule has 1 aromatic heterocycles. The van der Waals surface area contributed by atoms with Crippen LogP contribution in [0.25, 0.3) is 49.7 Å². The molecule has 0 aliphatic carbocycles. The van der Waals surface area contributed by atoms with E-state index in [1.807, 2.05) is 0 Å². The first-order chi connectivity index (χ1) is 15.4. The Morgan fingerprint density at radius 2 is 1.06 bits per heavy atom. The monoisotopic (exact) mass is 395 g/mol. The second-order valence-corrected chi connectivity index (χ2v) is 7.84. The number of hydrogen-bond donors (Lipinski definition) is 0. The molecule has 0 fully saturated rings. The molecule has 0 bridgehead atoms. The van der Waals surface area contributed by atoms with Gasteiger partial charge in [-0.15, -0.1) is 0 Å². The molecule has 0 unspecified atom stereocenters. The predicted molar refractivity (Wildman–Crippen MR) is 132 cm³/mol. The highest BCUT2D eigenvalue weighted by atomic mass is 15.0. The zero-order valence-corrected chi connectivity index (χ0v) is 17.1. The second kappa shape index (κ2) is 7.30. The van der Waals surface area contributed by atoms with Crippen molar-refractivity contribution in [3.63, 3.8) is 0 Å². The molecule has 0 amide bonds. The molecule has 1 heterocycles. The van der Waals surface area contributed by atoms with E-state index in [2.05, 4.69) is 132 Å². The maximum absolute atomic E-state index is 2.40. The summed E-state index contributed by atoms with van der Waals surface area (Å²) in [7, 11) is 0. The standard InChI is InChI=1S/C30H21N/c1-4-11-22(12-5-1)24-19-20-29-28(21-24)27-18-10-17-26(23-13-6-2-7-14-23)30(27)31(29)25-15-8-3-9-16-25/h1-21H. The van der Waals surface area contributed by atoms with Gasteiger partial charge in [0.1, 0.15) is 0 Å². The Balaban J connectivity index is 1.74. The Morgan fingerprint density at radius 3 is 1.77 bits per heavy atom. The smallest absolute Gasteiger partial charge is 0.0619 e. The molecule has 146 valence electrons. The summed E-state index contributed by atoms with van der Waals surface area (Å²) >= 11 is 0. The Bertz CT molecular complexity index is 1490. The van der Waals surface area contributed by atoms with Gasteiger partial charge in [0.05, 0.1) is 11.0 Å². The molecule has 0 saturated carbocycles. The summed E-state index contributed by atoms with van der Waals surface area (Å²) in [4.78, 5) is 0. The second-order valence-electron chi connectivity index (χ2n) is 7.84. The third-order valence-corrected chi connectivity index (χ3v) is 5.99. The Hall–Kier alpha value is -4.10. The van der Waals surface area contributed by atoms with Gasteiger partial charge in [0.25, 0.3) is 0 Å². The molecule has 31 heavy (non-hydrogen) atoms. The summed E-state index contributed by atoms with van der Waals surface area (Å²) in [5.74, 6) is 0. The number of benzene rings is 5. The van der Waals surface area contributed by atoms with Crippen LogP contribution in [0.5, 0.6) is 0 Å². The van der Waals surface area contributed by atoms with E-state index < -0.39 is 0 Å². The molecular weight excluding hydrogens is 374 g/mol. The summed E-state index contributed by atoms with van der Waals surface area (Å²) < 4.78 is 2.40. The van der Waals surface area contributed by atoms with Crippen molar-refractivity contribution in [3.8, 4) is 27.9 Å². The summed E-state index contributed by atoms with van der Waals surface area (Å²) in [5, 5.41) is 2.55. The van der Waals surface area contributed by atoms with E-state index in [0.29, 0.717) is 0 Å². The fraction of sp³-hybridized carbons (Fsp3) is 0. The van der Waals surface area contributed by atoms with Gasteiger partial charge < -0.3 is 4.57 Å². The van der Waals surface area contributed by atoms with E-state index in [4.69, 9.17) is 0 Å². The lowest BCUT2D eigenvalue weighted by molar-refractivity contribution is 1.18. The third-order valence-electron chi connectivity index (χ3n) is 5.99. The van der Waals surface area contributed by atoms with Crippen molar-refractivity contribution in [3.05, 3.63) is 127 Å². The maximum Gasteiger partial charge on any atom is 0.0619 e. The van der Waals surface area contributed by atoms with Gasteiger partial charge in [0.15, 0.2) is 0 Å². The van der Waals surface area contributed by atoms with Crippen LogP contribution in [0.1, 0.15) is 0 Å². The molecule has 0 atom stereocenters. The lowest BCUT2D eigenvalue weighted by atomic mass is 10.0. The first-order valence-electron chi connectivity index (χ1n) is 10.6. The molecule has 0 aliphatic rings. The minimum Gasteiger partial charge on any atom is -0.309 e. The van der Waals surface area contributed by atoms with Gasteiger partial charge in [-0.3, -0.25) is 0 Å². The van der Waals surface area contributed by atoms with Crippen LogP contribution in [0.15, 0.2) is 127 Å². The molecule has 0 radical (unpaired) electrons. The van der Waals surface area contributed by atoms with Crippen molar-refractivity contribution in [1.29, 1.82) is 0 Å². The molecule has 5 aromatic carbocycles. The molecule has 6 rings (SSSR count). The highest BCUT2D eigenvalue weighted by molar-refractivity contribution is 6.14. The van der Waals surface area contributed by atoms with Crippen molar-refractivity contribution in [2.45, 2.75) is 0 Å².